The second-order valence-electron chi connectivity index (χ2n) is 7.08. The fraction of sp³-hybridized carbons (Fsp3) is 0.333. The Morgan fingerprint density at radius 1 is 1.31 bits per heavy atom. The molecule has 3 rings (SSSR count). The number of benzene rings is 2. The van der Waals surface area contributed by atoms with Gasteiger partial charge in [-0.25, -0.2) is 5.01 Å². The van der Waals surface area contributed by atoms with Crippen LogP contribution in [0.5, 0.6) is 5.75 Å². The van der Waals surface area contributed by atoms with E-state index in [2.05, 4.69) is 10.6 Å². The average molecular weight is 413 g/mol. The van der Waals surface area contributed by atoms with Gasteiger partial charge in [0.25, 0.3) is 11.8 Å². The molecule has 1 N–H and O–H groups in total. The SMILES string of the molecule is Cc1cc(OCC(=O)NN2C(=O)CSC2c2ccccc2)c(C(C)C)cc1N=O. The molecule has 2 aromatic carbocycles. The molecule has 1 fully saturated rings. The molecule has 2 amide bonds. The first-order valence-electron chi connectivity index (χ1n) is 9.29. The molecule has 0 aromatic heterocycles. The van der Waals surface area contributed by atoms with Gasteiger partial charge in [-0.05, 0) is 46.8 Å². The predicted octanol–water partition coefficient (Wildman–Crippen LogP) is 4.20. The number of amides is 2. The van der Waals surface area contributed by atoms with E-state index >= 15 is 0 Å². The maximum Gasteiger partial charge on any atom is 0.276 e. The highest BCUT2D eigenvalue weighted by atomic mass is 32.2. The maximum absolute atomic E-state index is 12.5. The van der Waals surface area contributed by atoms with Crippen molar-refractivity contribution in [3.8, 4) is 5.75 Å². The fourth-order valence-electron chi connectivity index (χ4n) is 3.08. The molecular weight excluding hydrogens is 390 g/mol. The smallest absolute Gasteiger partial charge is 0.276 e. The third-order valence-electron chi connectivity index (χ3n) is 4.61. The van der Waals surface area contributed by atoms with Crippen molar-refractivity contribution in [3.05, 3.63) is 64.1 Å². The number of nitrogens with one attached hydrogen (secondary N) is 1. The van der Waals surface area contributed by atoms with Crippen LogP contribution in [0.15, 0.2) is 47.6 Å². The van der Waals surface area contributed by atoms with Gasteiger partial charge in [-0.1, -0.05) is 44.2 Å². The van der Waals surface area contributed by atoms with E-state index < -0.39 is 5.91 Å². The van der Waals surface area contributed by atoms with Gasteiger partial charge in [0.05, 0.1) is 5.75 Å². The predicted molar refractivity (Wildman–Crippen MR) is 113 cm³/mol. The van der Waals surface area contributed by atoms with E-state index in [9.17, 15) is 14.5 Å². The molecule has 29 heavy (non-hydrogen) atoms. The van der Waals surface area contributed by atoms with E-state index in [-0.39, 0.29) is 23.8 Å². The Labute approximate surface area is 173 Å². The number of nitrogens with zero attached hydrogens (tertiary/aromatic N) is 2. The first kappa shape index (κ1) is 20.9. The third kappa shape index (κ3) is 4.76. The summed E-state index contributed by atoms with van der Waals surface area (Å²) in [5.74, 6) is 0.344. The van der Waals surface area contributed by atoms with Crippen molar-refractivity contribution in [1.29, 1.82) is 0 Å². The Bertz CT molecular complexity index is 918. The second-order valence-corrected chi connectivity index (χ2v) is 8.15. The van der Waals surface area contributed by atoms with E-state index in [0.29, 0.717) is 22.8 Å². The number of aryl methyl sites for hydroxylation is 1. The summed E-state index contributed by atoms with van der Waals surface area (Å²) in [5.41, 5.74) is 5.44. The molecule has 2 aromatic rings. The lowest BCUT2D eigenvalue weighted by atomic mass is 9.99. The Kier molecular flexibility index (Phi) is 6.53. The quantitative estimate of drug-likeness (QED) is 0.687. The highest BCUT2D eigenvalue weighted by Gasteiger charge is 2.34. The summed E-state index contributed by atoms with van der Waals surface area (Å²) in [5, 5.41) is 4.13. The van der Waals surface area contributed by atoms with Crippen LogP contribution in [0.2, 0.25) is 0 Å². The first-order valence-corrected chi connectivity index (χ1v) is 10.3. The largest absolute Gasteiger partial charge is 0.483 e. The van der Waals surface area contributed by atoms with Crippen molar-refractivity contribution in [2.75, 3.05) is 12.4 Å². The molecule has 1 atom stereocenters. The summed E-state index contributed by atoms with van der Waals surface area (Å²) in [6, 6.07) is 12.9. The van der Waals surface area contributed by atoms with E-state index in [4.69, 9.17) is 4.74 Å². The molecule has 0 radical (unpaired) electrons. The molecule has 152 valence electrons. The van der Waals surface area contributed by atoms with Gasteiger partial charge in [-0.2, -0.15) is 0 Å². The van der Waals surface area contributed by atoms with Crippen LogP contribution in [-0.2, 0) is 9.59 Å². The van der Waals surface area contributed by atoms with E-state index in [0.717, 1.165) is 11.1 Å². The summed E-state index contributed by atoms with van der Waals surface area (Å²) >= 11 is 1.46. The summed E-state index contributed by atoms with van der Waals surface area (Å²) in [6.07, 6.45) is 0. The Morgan fingerprint density at radius 2 is 2.03 bits per heavy atom. The number of carbonyl (C=O) groups is 2. The molecule has 1 heterocycles. The lowest BCUT2D eigenvalue weighted by Gasteiger charge is -2.24. The zero-order chi connectivity index (χ0) is 21.0. The molecule has 1 unspecified atom stereocenters. The monoisotopic (exact) mass is 413 g/mol. The van der Waals surface area contributed by atoms with Gasteiger partial charge in [0, 0.05) is 0 Å². The third-order valence-corrected chi connectivity index (χ3v) is 5.82. The van der Waals surface area contributed by atoms with Crippen LogP contribution in [0.25, 0.3) is 0 Å². The number of hydrogen-bond donors (Lipinski definition) is 1. The Hall–Kier alpha value is -2.87. The zero-order valence-corrected chi connectivity index (χ0v) is 17.4. The number of thioether (sulfide) groups is 1. The molecule has 1 saturated heterocycles. The Morgan fingerprint density at radius 3 is 2.69 bits per heavy atom. The zero-order valence-electron chi connectivity index (χ0n) is 16.5. The normalized spacial score (nSPS) is 16.2. The maximum atomic E-state index is 12.5. The van der Waals surface area contributed by atoms with Crippen molar-refractivity contribution in [1.82, 2.24) is 10.4 Å². The van der Waals surface area contributed by atoms with Gasteiger partial charge in [0.1, 0.15) is 16.8 Å². The van der Waals surface area contributed by atoms with E-state index in [1.807, 2.05) is 44.2 Å². The molecule has 8 heteroatoms. The van der Waals surface area contributed by atoms with Crippen LogP contribution in [-0.4, -0.2) is 29.2 Å². The van der Waals surface area contributed by atoms with Crippen LogP contribution in [0.1, 0.15) is 41.8 Å². The lowest BCUT2D eigenvalue weighted by molar-refractivity contribution is -0.140. The molecule has 0 spiro atoms. The van der Waals surface area contributed by atoms with Crippen LogP contribution in [0.3, 0.4) is 0 Å². The molecule has 1 aliphatic rings. The molecule has 0 bridgehead atoms. The van der Waals surface area contributed by atoms with Crippen LogP contribution >= 0.6 is 11.8 Å². The number of carbonyl (C=O) groups excluding carboxylic acids is 2. The molecule has 7 nitrogen and oxygen atoms in total. The van der Waals surface area contributed by atoms with Gasteiger partial charge >= 0.3 is 0 Å². The van der Waals surface area contributed by atoms with Gasteiger partial charge in [-0.15, -0.1) is 16.7 Å². The average Bonchev–Trinajstić information content (AvgIpc) is 3.07. The standard InChI is InChI=1S/C21H23N3O4S/c1-13(2)16-10-17(23-27)14(3)9-18(16)28-11-19(25)22-24-20(26)12-29-21(24)15-7-5-4-6-8-15/h4-10,13,21H,11-12H2,1-3H3,(H,22,25). The summed E-state index contributed by atoms with van der Waals surface area (Å²) in [7, 11) is 0. The number of nitroso groups, excluding NO2 is 1. The fourth-order valence-corrected chi connectivity index (χ4v) is 4.19. The topological polar surface area (TPSA) is 88.1 Å². The second kappa shape index (κ2) is 9.09. The number of hydrazine groups is 1. The van der Waals surface area contributed by atoms with Gasteiger partial charge in [0.2, 0.25) is 0 Å². The van der Waals surface area contributed by atoms with E-state index in [1.165, 1.54) is 16.8 Å². The van der Waals surface area contributed by atoms with Gasteiger partial charge in [0.15, 0.2) is 6.61 Å². The van der Waals surface area contributed by atoms with Crippen LogP contribution < -0.4 is 10.2 Å². The van der Waals surface area contributed by atoms with E-state index in [1.54, 1.807) is 19.1 Å². The highest BCUT2D eigenvalue weighted by molar-refractivity contribution is 8.00. The number of rotatable bonds is 7. The lowest BCUT2D eigenvalue weighted by Crippen LogP contribution is -2.46. The summed E-state index contributed by atoms with van der Waals surface area (Å²) in [6.45, 7) is 5.45. The highest BCUT2D eigenvalue weighted by Crippen LogP contribution is 2.37. The van der Waals surface area contributed by atoms with Crippen LogP contribution in [0, 0.1) is 11.8 Å². The van der Waals surface area contributed by atoms with Gasteiger partial charge in [-0.3, -0.25) is 15.0 Å². The summed E-state index contributed by atoms with van der Waals surface area (Å²) in [4.78, 5) is 35.7. The minimum Gasteiger partial charge on any atom is -0.483 e. The first-order chi connectivity index (χ1) is 13.9. The number of ether oxygens (including phenoxy) is 1. The summed E-state index contributed by atoms with van der Waals surface area (Å²) < 4.78 is 5.73. The van der Waals surface area contributed by atoms with Crippen molar-refractivity contribution >= 4 is 29.3 Å². The molecular formula is C21H23N3O4S. The van der Waals surface area contributed by atoms with Crippen molar-refractivity contribution < 1.29 is 14.3 Å². The minimum atomic E-state index is -0.424. The Balaban J connectivity index is 1.69. The number of hydrogen-bond acceptors (Lipinski definition) is 6. The van der Waals surface area contributed by atoms with Crippen molar-refractivity contribution in [3.63, 3.8) is 0 Å². The van der Waals surface area contributed by atoms with Gasteiger partial charge < -0.3 is 4.74 Å². The molecule has 0 saturated carbocycles. The van der Waals surface area contributed by atoms with Crippen molar-refractivity contribution in [2.45, 2.75) is 32.1 Å². The van der Waals surface area contributed by atoms with Crippen LogP contribution in [0.4, 0.5) is 5.69 Å². The van der Waals surface area contributed by atoms with Crippen molar-refractivity contribution in [2.24, 2.45) is 5.18 Å². The molecule has 1 aliphatic heterocycles. The minimum absolute atomic E-state index is 0.0909. The molecule has 0 aliphatic carbocycles.